The van der Waals surface area contributed by atoms with Gasteiger partial charge in [0.1, 0.15) is 40.8 Å². The van der Waals surface area contributed by atoms with E-state index in [1.54, 1.807) is 25.4 Å². The molecule has 0 bridgehead atoms. The van der Waals surface area contributed by atoms with E-state index >= 15 is 0 Å². The van der Waals surface area contributed by atoms with Crippen LogP contribution in [0.4, 0.5) is 0 Å². The van der Waals surface area contributed by atoms with Crippen molar-refractivity contribution in [2.24, 2.45) is 0 Å². The normalized spacial score (nSPS) is 20.5. The quantitative estimate of drug-likeness (QED) is 0.153. The minimum atomic E-state index is -0.786. The Labute approximate surface area is 243 Å². The summed E-state index contributed by atoms with van der Waals surface area (Å²) in [5, 5.41) is 0. The molecule has 0 saturated carbocycles. The number of benzene rings is 2. The Kier molecular flexibility index (Phi) is 9.28. The summed E-state index contributed by atoms with van der Waals surface area (Å²) in [6, 6.07) is 12.3. The van der Waals surface area contributed by atoms with Gasteiger partial charge in [-0.1, -0.05) is 6.07 Å². The third-order valence-electron chi connectivity index (χ3n) is 6.62. The predicted octanol–water partition coefficient (Wildman–Crippen LogP) is 4.26. The van der Waals surface area contributed by atoms with E-state index in [1.165, 1.54) is 21.3 Å². The van der Waals surface area contributed by atoms with Crippen molar-refractivity contribution in [1.29, 1.82) is 0 Å². The van der Waals surface area contributed by atoms with E-state index < -0.39 is 18.3 Å². The molecule has 12 heteroatoms. The summed E-state index contributed by atoms with van der Waals surface area (Å²) in [6.07, 6.45) is -0.375. The van der Waals surface area contributed by atoms with Gasteiger partial charge in [-0.15, -0.1) is 0 Å². The number of fused-ring (bicyclic) bond motifs is 1. The summed E-state index contributed by atoms with van der Waals surface area (Å²) in [7, 11) is 6.05. The van der Waals surface area contributed by atoms with Crippen molar-refractivity contribution in [1.82, 2.24) is 4.98 Å². The van der Waals surface area contributed by atoms with Gasteiger partial charge < -0.3 is 47.4 Å². The number of nitrogens with zero attached hydrogens (tertiary/aromatic N) is 1. The molecule has 0 spiro atoms. The molecule has 3 aromatic rings. The lowest BCUT2D eigenvalue weighted by molar-refractivity contribution is 0.0280. The van der Waals surface area contributed by atoms with Crippen molar-refractivity contribution in [3.05, 3.63) is 65.5 Å². The molecule has 4 atom stereocenters. The Morgan fingerprint density at radius 2 is 1.48 bits per heavy atom. The average Bonchev–Trinajstić information content (AvgIpc) is 3.82. The summed E-state index contributed by atoms with van der Waals surface area (Å²) >= 11 is 0. The molecule has 1 fully saturated rings. The van der Waals surface area contributed by atoms with Gasteiger partial charge in [-0.2, -0.15) is 0 Å². The number of aromatic nitrogens is 1. The maximum absolute atomic E-state index is 13.8. The van der Waals surface area contributed by atoms with E-state index in [9.17, 15) is 4.79 Å². The number of rotatable bonds is 14. The highest BCUT2D eigenvalue weighted by molar-refractivity contribution is 6.06. The number of hydrogen-bond acceptors (Lipinski definition) is 12. The molecule has 224 valence electrons. The van der Waals surface area contributed by atoms with Crippen molar-refractivity contribution in [2.75, 3.05) is 48.8 Å². The second kappa shape index (κ2) is 13.3. The Morgan fingerprint density at radius 3 is 2.10 bits per heavy atom. The number of Topliss-reactive ketones (excluding diaryl/α,β-unsaturated/α-hetero) is 1. The third-order valence-corrected chi connectivity index (χ3v) is 6.62. The molecule has 1 saturated heterocycles. The summed E-state index contributed by atoms with van der Waals surface area (Å²) in [4.78, 5) is 18.3. The number of ether oxygens (including phenoxy) is 10. The van der Waals surface area contributed by atoms with Crippen LogP contribution in [0.5, 0.6) is 34.5 Å². The molecule has 0 N–H and O–H groups in total. The first-order valence-corrected chi connectivity index (χ1v) is 13.2. The Balaban J connectivity index is 1.38. The second-order valence-corrected chi connectivity index (χ2v) is 9.48. The summed E-state index contributed by atoms with van der Waals surface area (Å²) in [5.74, 6) is 2.24. The van der Waals surface area contributed by atoms with Crippen LogP contribution in [0.25, 0.3) is 0 Å². The molecule has 2 aromatic carbocycles. The number of carbonyl (C=O) groups excluding carboxylic acids is 1. The number of methoxy groups -OCH3 is 4. The summed E-state index contributed by atoms with van der Waals surface area (Å²) in [5.41, 5.74) is 1.64. The van der Waals surface area contributed by atoms with Gasteiger partial charge in [-0.25, -0.2) is 0 Å². The van der Waals surface area contributed by atoms with Gasteiger partial charge in [0.2, 0.25) is 5.78 Å². The van der Waals surface area contributed by atoms with Crippen LogP contribution >= 0.6 is 0 Å². The fraction of sp³-hybridized carbons (Fsp3) is 0.400. The van der Waals surface area contributed by atoms with Crippen LogP contribution in [-0.2, 0) is 18.9 Å². The third kappa shape index (κ3) is 6.36. The largest absolute Gasteiger partial charge is 0.495 e. The van der Waals surface area contributed by atoms with Gasteiger partial charge in [0.15, 0.2) is 44.1 Å². The maximum Gasteiger partial charge on any atom is 0.202 e. The smallest absolute Gasteiger partial charge is 0.202 e. The lowest BCUT2D eigenvalue weighted by Crippen LogP contribution is -2.31. The highest BCUT2D eigenvalue weighted by Crippen LogP contribution is 2.48. The van der Waals surface area contributed by atoms with E-state index in [4.69, 9.17) is 47.4 Å². The molecule has 12 nitrogen and oxygen atoms in total. The molecule has 42 heavy (non-hydrogen) atoms. The highest BCUT2D eigenvalue weighted by atomic mass is 16.7. The van der Waals surface area contributed by atoms with Gasteiger partial charge >= 0.3 is 0 Å². The minimum absolute atomic E-state index is 0.00713. The van der Waals surface area contributed by atoms with Crippen LogP contribution in [0.15, 0.2) is 48.7 Å². The van der Waals surface area contributed by atoms with E-state index in [-0.39, 0.29) is 49.3 Å². The molecule has 2 aliphatic heterocycles. The van der Waals surface area contributed by atoms with Gasteiger partial charge in [-0.3, -0.25) is 9.78 Å². The number of carbonyl (C=O) groups is 1. The second-order valence-electron chi connectivity index (χ2n) is 9.48. The number of epoxide rings is 1. The maximum atomic E-state index is 13.8. The Bertz CT molecular complexity index is 1350. The topological polar surface area (TPSA) is 126 Å². The van der Waals surface area contributed by atoms with Gasteiger partial charge in [0.25, 0.3) is 0 Å². The molecular formula is C30H33NO11. The molecule has 3 heterocycles. The molecule has 2 aliphatic rings. The minimum Gasteiger partial charge on any atom is -0.495 e. The summed E-state index contributed by atoms with van der Waals surface area (Å²) < 4.78 is 55.7. The van der Waals surface area contributed by atoms with Crippen LogP contribution in [0.2, 0.25) is 0 Å². The van der Waals surface area contributed by atoms with Crippen LogP contribution in [-0.4, -0.2) is 71.8 Å². The molecule has 0 amide bonds. The SMILES string of the molecule is COCOc1cc(OCOC)c(C(=O)C2OC2c2ccc3c(c2)OC(c2ccc(OC)cn2)C(C)O3)c(OCOC)c1. The van der Waals surface area contributed by atoms with Gasteiger partial charge in [0.05, 0.1) is 19.0 Å². The van der Waals surface area contributed by atoms with E-state index in [0.717, 1.165) is 5.56 Å². The first-order valence-electron chi connectivity index (χ1n) is 13.2. The number of ketones is 1. The van der Waals surface area contributed by atoms with Crippen molar-refractivity contribution in [3.63, 3.8) is 0 Å². The standard InChI is InChI=1S/C30H33NO11/c1-17-28(21-8-7-19(36-5)13-31-21)41-23-10-18(6-9-22(23)40-17)29-30(42-29)27(32)26-24(38-15-34-3)11-20(37-14-33-2)12-25(26)39-16-35-4/h6-13,17,28-30H,14-16H2,1-5H3. The fourth-order valence-electron chi connectivity index (χ4n) is 4.57. The molecule has 4 unspecified atom stereocenters. The lowest BCUT2D eigenvalue weighted by Gasteiger charge is -2.32. The zero-order chi connectivity index (χ0) is 29.6. The summed E-state index contributed by atoms with van der Waals surface area (Å²) in [6.45, 7) is 1.71. The highest BCUT2D eigenvalue weighted by Gasteiger charge is 2.48. The molecular weight excluding hydrogens is 550 g/mol. The molecule has 0 aliphatic carbocycles. The predicted molar refractivity (Wildman–Crippen MR) is 147 cm³/mol. The molecule has 1 aromatic heterocycles. The van der Waals surface area contributed by atoms with Crippen molar-refractivity contribution >= 4 is 5.78 Å². The van der Waals surface area contributed by atoms with E-state index in [1.807, 2.05) is 37.3 Å². The zero-order valence-corrected chi connectivity index (χ0v) is 24.0. The monoisotopic (exact) mass is 583 g/mol. The number of hydrogen-bond donors (Lipinski definition) is 0. The average molecular weight is 584 g/mol. The Morgan fingerprint density at radius 1 is 0.786 bits per heavy atom. The lowest BCUT2D eigenvalue weighted by atomic mass is 10.00. The van der Waals surface area contributed by atoms with Crippen molar-refractivity contribution in [3.8, 4) is 34.5 Å². The van der Waals surface area contributed by atoms with Crippen molar-refractivity contribution in [2.45, 2.75) is 31.3 Å². The van der Waals surface area contributed by atoms with Crippen LogP contribution in [0.3, 0.4) is 0 Å². The molecule has 5 rings (SSSR count). The van der Waals surface area contributed by atoms with Gasteiger partial charge in [-0.05, 0) is 36.8 Å². The number of pyridine rings is 1. The molecule has 0 radical (unpaired) electrons. The van der Waals surface area contributed by atoms with Crippen LogP contribution in [0.1, 0.15) is 40.7 Å². The zero-order valence-electron chi connectivity index (χ0n) is 24.0. The fourth-order valence-corrected chi connectivity index (χ4v) is 4.57. The van der Waals surface area contributed by atoms with E-state index in [0.29, 0.717) is 28.7 Å². The van der Waals surface area contributed by atoms with Crippen LogP contribution < -0.4 is 28.4 Å². The first-order chi connectivity index (χ1) is 20.5. The van der Waals surface area contributed by atoms with E-state index in [2.05, 4.69) is 4.98 Å². The Hall–Kier alpha value is -4.10. The van der Waals surface area contributed by atoms with Crippen LogP contribution in [0, 0.1) is 0 Å². The van der Waals surface area contributed by atoms with Crippen molar-refractivity contribution < 1.29 is 52.2 Å². The van der Waals surface area contributed by atoms with Gasteiger partial charge in [0, 0.05) is 33.5 Å². The first kappa shape index (κ1) is 29.4.